The molecule has 4 heteroatoms. The summed E-state index contributed by atoms with van der Waals surface area (Å²) >= 11 is 0. The minimum atomic E-state index is -0.182. The summed E-state index contributed by atoms with van der Waals surface area (Å²) in [5.74, 6) is 0.333. The predicted molar refractivity (Wildman–Crippen MR) is 66.8 cm³/mol. The number of likely N-dealkylation sites (tertiary alicyclic amines) is 1. The summed E-state index contributed by atoms with van der Waals surface area (Å²) in [6.45, 7) is 5.69. The van der Waals surface area contributed by atoms with E-state index in [0.717, 1.165) is 51.9 Å². The van der Waals surface area contributed by atoms with Gasteiger partial charge in [0, 0.05) is 26.7 Å². The summed E-state index contributed by atoms with van der Waals surface area (Å²) in [6.07, 6.45) is 4.42. The number of piperidine rings is 2. The van der Waals surface area contributed by atoms with Crippen LogP contribution in [0.25, 0.3) is 0 Å². The molecule has 0 saturated carbocycles. The minimum Gasteiger partial charge on any atom is -0.381 e. The molecule has 0 aromatic carbocycles. The van der Waals surface area contributed by atoms with E-state index in [1.54, 1.807) is 7.11 Å². The molecular weight excluding hydrogens is 216 g/mol. The van der Waals surface area contributed by atoms with E-state index in [2.05, 4.69) is 12.2 Å². The highest BCUT2D eigenvalue weighted by molar-refractivity contribution is 5.82. The first-order valence-electron chi connectivity index (χ1n) is 6.68. The molecule has 17 heavy (non-hydrogen) atoms. The summed E-state index contributed by atoms with van der Waals surface area (Å²) in [7, 11) is 1.76. The highest BCUT2D eigenvalue weighted by atomic mass is 16.5. The van der Waals surface area contributed by atoms with Crippen LogP contribution in [0.4, 0.5) is 0 Å². The fourth-order valence-corrected chi connectivity index (χ4v) is 2.92. The zero-order valence-electron chi connectivity index (χ0n) is 11.0. The molecule has 0 aromatic rings. The van der Waals surface area contributed by atoms with Crippen LogP contribution in [-0.2, 0) is 9.53 Å². The van der Waals surface area contributed by atoms with Gasteiger partial charge < -0.3 is 15.0 Å². The number of carbonyl (C=O) groups is 1. The first-order chi connectivity index (χ1) is 8.15. The summed E-state index contributed by atoms with van der Waals surface area (Å²) < 4.78 is 5.34. The fourth-order valence-electron chi connectivity index (χ4n) is 2.92. The molecule has 2 rings (SSSR count). The van der Waals surface area contributed by atoms with E-state index in [9.17, 15) is 4.79 Å². The van der Waals surface area contributed by atoms with Gasteiger partial charge in [-0.25, -0.2) is 0 Å². The van der Waals surface area contributed by atoms with Gasteiger partial charge in [0.05, 0.1) is 11.5 Å². The van der Waals surface area contributed by atoms with Crippen LogP contribution in [0.15, 0.2) is 0 Å². The maximum atomic E-state index is 12.5. The Morgan fingerprint density at radius 1 is 1.41 bits per heavy atom. The van der Waals surface area contributed by atoms with E-state index in [1.165, 1.54) is 0 Å². The van der Waals surface area contributed by atoms with Crippen LogP contribution in [0.2, 0.25) is 0 Å². The number of rotatable bonds is 2. The highest BCUT2D eigenvalue weighted by Gasteiger charge is 2.38. The lowest BCUT2D eigenvalue weighted by Gasteiger charge is -2.40. The molecule has 98 valence electrons. The van der Waals surface area contributed by atoms with Crippen molar-refractivity contribution in [3.05, 3.63) is 0 Å². The number of ether oxygens (including phenoxy) is 1. The van der Waals surface area contributed by atoms with Crippen molar-refractivity contribution >= 4 is 5.91 Å². The largest absolute Gasteiger partial charge is 0.381 e. The molecule has 0 aromatic heterocycles. The van der Waals surface area contributed by atoms with Gasteiger partial charge in [-0.15, -0.1) is 0 Å². The van der Waals surface area contributed by atoms with Gasteiger partial charge in [-0.2, -0.15) is 0 Å². The minimum absolute atomic E-state index is 0.182. The molecule has 2 aliphatic rings. The maximum Gasteiger partial charge on any atom is 0.229 e. The molecule has 2 aliphatic heterocycles. The quantitative estimate of drug-likeness (QED) is 0.783. The number of hydrogen-bond acceptors (Lipinski definition) is 3. The molecule has 0 spiro atoms. The third-order valence-electron chi connectivity index (χ3n) is 4.18. The Balaban J connectivity index is 1.91. The molecule has 0 radical (unpaired) electrons. The van der Waals surface area contributed by atoms with Crippen molar-refractivity contribution < 1.29 is 9.53 Å². The summed E-state index contributed by atoms with van der Waals surface area (Å²) in [5, 5.41) is 3.34. The number of carbonyl (C=O) groups excluding carboxylic acids is 1. The number of methoxy groups -OCH3 is 1. The lowest BCUT2D eigenvalue weighted by atomic mass is 9.81. The van der Waals surface area contributed by atoms with Gasteiger partial charge in [-0.05, 0) is 39.2 Å². The van der Waals surface area contributed by atoms with Crippen LogP contribution in [0.1, 0.15) is 32.6 Å². The zero-order chi connectivity index (χ0) is 12.3. The van der Waals surface area contributed by atoms with E-state index in [0.29, 0.717) is 12.0 Å². The lowest BCUT2D eigenvalue weighted by molar-refractivity contribution is -0.144. The lowest BCUT2D eigenvalue weighted by Crippen LogP contribution is -2.52. The molecule has 1 atom stereocenters. The second kappa shape index (κ2) is 5.36. The number of nitrogens with one attached hydrogen (secondary N) is 1. The van der Waals surface area contributed by atoms with Crippen molar-refractivity contribution in [2.45, 2.75) is 38.7 Å². The van der Waals surface area contributed by atoms with Gasteiger partial charge in [0.25, 0.3) is 0 Å². The van der Waals surface area contributed by atoms with E-state index < -0.39 is 0 Å². The monoisotopic (exact) mass is 240 g/mol. The van der Waals surface area contributed by atoms with Gasteiger partial charge >= 0.3 is 0 Å². The average Bonchev–Trinajstić information content (AvgIpc) is 2.39. The van der Waals surface area contributed by atoms with Crippen molar-refractivity contribution in [1.82, 2.24) is 10.2 Å². The molecule has 0 aliphatic carbocycles. The van der Waals surface area contributed by atoms with E-state index in [-0.39, 0.29) is 5.41 Å². The number of nitrogens with zero attached hydrogens (tertiary/aromatic N) is 1. The summed E-state index contributed by atoms with van der Waals surface area (Å²) in [4.78, 5) is 14.5. The van der Waals surface area contributed by atoms with Crippen LogP contribution in [-0.4, -0.2) is 50.2 Å². The summed E-state index contributed by atoms with van der Waals surface area (Å²) in [6, 6.07) is 0. The van der Waals surface area contributed by atoms with Crippen LogP contribution in [0.3, 0.4) is 0 Å². The Labute approximate surface area is 104 Å². The van der Waals surface area contributed by atoms with E-state index in [1.807, 2.05) is 4.90 Å². The average molecular weight is 240 g/mol. The topological polar surface area (TPSA) is 41.6 Å². The number of hydrogen-bond donors (Lipinski definition) is 1. The molecule has 1 N–H and O–H groups in total. The molecule has 2 saturated heterocycles. The van der Waals surface area contributed by atoms with Crippen molar-refractivity contribution in [3.63, 3.8) is 0 Å². The Morgan fingerprint density at radius 2 is 2.12 bits per heavy atom. The van der Waals surface area contributed by atoms with Gasteiger partial charge in [0.15, 0.2) is 0 Å². The second-order valence-corrected chi connectivity index (χ2v) is 5.57. The third-order valence-corrected chi connectivity index (χ3v) is 4.18. The smallest absolute Gasteiger partial charge is 0.229 e. The molecule has 4 nitrogen and oxygen atoms in total. The fraction of sp³-hybridized carbons (Fsp3) is 0.923. The Morgan fingerprint density at radius 3 is 2.65 bits per heavy atom. The van der Waals surface area contributed by atoms with Gasteiger partial charge in [0.1, 0.15) is 0 Å². The van der Waals surface area contributed by atoms with Gasteiger partial charge in [-0.1, -0.05) is 0 Å². The second-order valence-electron chi connectivity index (χ2n) is 5.57. The van der Waals surface area contributed by atoms with E-state index in [4.69, 9.17) is 4.74 Å². The molecule has 0 bridgehead atoms. The van der Waals surface area contributed by atoms with Crippen molar-refractivity contribution in [2.75, 3.05) is 33.3 Å². The van der Waals surface area contributed by atoms with Crippen LogP contribution < -0.4 is 5.32 Å². The van der Waals surface area contributed by atoms with Gasteiger partial charge in [0.2, 0.25) is 5.91 Å². The first kappa shape index (κ1) is 12.8. The van der Waals surface area contributed by atoms with Crippen LogP contribution >= 0.6 is 0 Å². The number of amides is 1. The van der Waals surface area contributed by atoms with Crippen molar-refractivity contribution in [2.24, 2.45) is 5.41 Å². The van der Waals surface area contributed by atoms with Crippen LogP contribution in [0, 0.1) is 5.41 Å². The Kier molecular flexibility index (Phi) is 4.05. The van der Waals surface area contributed by atoms with Crippen LogP contribution in [0.5, 0.6) is 0 Å². The van der Waals surface area contributed by atoms with Crippen molar-refractivity contribution in [3.8, 4) is 0 Å². The Bertz CT molecular complexity index is 267. The SMILES string of the molecule is COC1CCN(C(=O)C2(C)CCCNC2)CC1. The molecule has 2 heterocycles. The molecule has 1 unspecified atom stereocenters. The molecule has 1 amide bonds. The third kappa shape index (κ3) is 2.80. The molecular formula is C13H24N2O2. The van der Waals surface area contributed by atoms with Crippen molar-refractivity contribution in [1.29, 1.82) is 0 Å². The standard InChI is InChI=1S/C13H24N2O2/c1-13(6-3-7-14-10-13)12(16)15-8-4-11(17-2)5-9-15/h11,14H,3-10H2,1-2H3. The molecule has 2 fully saturated rings. The highest BCUT2D eigenvalue weighted by Crippen LogP contribution is 2.29. The van der Waals surface area contributed by atoms with E-state index >= 15 is 0 Å². The van der Waals surface area contributed by atoms with Gasteiger partial charge in [-0.3, -0.25) is 4.79 Å². The normalized spacial score (nSPS) is 31.5. The Hall–Kier alpha value is -0.610. The predicted octanol–water partition coefficient (Wildman–Crippen LogP) is 1.01. The zero-order valence-corrected chi connectivity index (χ0v) is 11.0. The summed E-state index contributed by atoms with van der Waals surface area (Å²) in [5.41, 5.74) is -0.182. The maximum absolute atomic E-state index is 12.5. The first-order valence-corrected chi connectivity index (χ1v) is 6.68.